The Morgan fingerprint density at radius 1 is 1.05 bits per heavy atom. The number of imidazole rings is 1. The van der Waals surface area contributed by atoms with Gasteiger partial charge in [0.25, 0.3) is 11.8 Å². The average Bonchev–Trinajstić information content (AvgIpc) is 3.66. The molecule has 0 radical (unpaired) electrons. The molecule has 3 heterocycles. The van der Waals surface area contributed by atoms with Gasteiger partial charge in [-0.2, -0.15) is 0 Å². The molecule has 2 aromatic heterocycles. The number of aromatic nitrogens is 3. The Balaban J connectivity index is 1.04. The molecule has 2 amide bonds. The molecule has 0 bridgehead atoms. The van der Waals surface area contributed by atoms with E-state index >= 15 is 0 Å². The summed E-state index contributed by atoms with van der Waals surface area (Å²) < 4.78 is 7.38. The molecule has 200 valence electrons. The van der Waals surface area contributed by atoms with Crippen LogP contribution in [0.5, 0.6) is 0 Å². The van der Waals surface area contributed by atoms with Crippen LogP contribution < -0.4 is 10.6 Å². The molecule has 1 unspecified atom stereocenters. The molecule has 6 rings (SSSR count). The summed E-state index contributed by atoms with van der Waals surface area (Å²) in [6, 6.07) is 15.1. The van der Waals surface area contributed by atoms with E-state index in [1.54, 1.807) is 48.1 Å². The molecule has 9 nitrogen and oxygen atoms in total. The number of hydrogen-bond acceptors (Lipinski definition) is 7. The monoisotopic (exact) mass is 542 g/mol. The van der Waals surface area contributed by atoms with Gasteiger partial charge in [-0.3, -0.25) is 19.8 Å². The van der Waals surface area contributed by atoms with Gasteiger partial charge in [0.05, 0.1) is 25.2 Å². The number of ether oxygens (including phenoxy) is 1. The molecule has 2 aromatic carbocycles. The number of benzene rings is 2. The van der Waals surface area contributed by atoms with E-state index in [0.29, 0.717) is 28.8 Å². The van der Waals surface area contributed by atoms with Crippen molar-refractivity contribution in [2.24, 2.45) is 0 Å². The molecule has 1 saturated heterocycles. The maximum absolute atomic E-state index is 13.0. The Kier molecular flexibility index (Phi) is 7.49. The van der Waals surface area contributed by atoms with Gasteiger partial charge in [-0.15, -0.1) is 11.3 Å². The van der Waals surface area contributed by atoms with Crippen molar-refractivity contribution in [1.29, 1.82) is 0 Å². The standard InChI is InChI=1S/C29H30N6O3S/c36-27(21-4-6-23(7-5-21)35-11-10-30-19-35)31-18-20-2-1-3-22(16-20)28(37)33-29-32-25-9-8-24(17-26(25)39-29)34-12-14-38-15-13-34/h1-7,10-11,16,19,24H,8-9,12-15,17-18H2,(H,31,36)(H,32,33,37). The molecule has 2 aliphatic rings. The van der Waals surface area contributed by atoms with Crippen LogP contribution in [0.2, 0.25) is 0 Å². The van der Waals surface area contributed by atoms with Gasteiger partial charge < -0.3 is 14.6 Å². The Morgan fingerprint density at radius 2 is 1.90 bits per heavy atom. The van der Waals surface area contributed by atoms with Crippen molar-refractivity contribution < 1.29 is 14.3 Å². The maximum atomic E-state index is 13.0. The van der Waals surface area contributed by atoms with Crippen LogP contribution in [0.15, 0.2) is 67.3 Å². The molecule has 0 saturated carbocycles. The number of carbonyl (C=O) groups excluding carboxylic acids is 2. The molecular weight excluding hydrogens is 512 g/mol. The van der Waals surface area contributed by atoms with Crippen LogP contribution in [-0.2, 0) is 24.1 Å². The van der Waals surface area contributed by atoms with Crippen molar-refractivity contribution in [2.45, 2.75) is 31.8 Å². The Hall–Kier alpha value is -3.86. The van der Waals surface area contributed by atoms with Crippen molar-refractivity contribution >= 4 is 28.3 Å². The number of amides is 2. The molecule has 1 aliphatic heterocycles. The first-order valence-electron chi connectivity index (χ1n) is 13.2. The van der Waals surface area contributed by atoms with Crippen molar-refractivity contribution in [2.75, 3.05) is 31.6 Å². The third kappa shape index (κ3) is 5.93. The lowest BCUT2D eigenvalue weighted by atomic mass is 9.96. The van der Waals surface area contributed by atoms with Gasteiger partial charge in [0.1, 0.15) is 0 Å². The summed E-state index contributed by atoms with van der Waals surface area (Å²) in [4.78, 5) is 38.2. The number of fused-ring (bicyclic) bond motifs is 1. The highest BCUT2D eigenvalue weighted by molar-refractivity contribution is 7.15. The second-order valence-electron chi connectivity index (χ2n) is 9.79. The minimum Gasteiger partial charge on any atom is -0.379 e. The number of hydrogen-bond donors (Lipinski definition) is 2. The van der Waals surface area contributed by atoms with Crippen molar-refractivity contribution in [3.05, 3.63) is 94.5 Å². The number of nitrogens with one attached hydrogen (secondary N) is 2. The summed E-state index contributed by atoms with van der Waals surface area (Å²) in [7, 11) is 0. The highest BCUT2D eigenvalue weighted by Crippen LogP contribution is 2.32. The fourth-order valence-corrected chi connectivity index (χ4v) is 6.21. The van der Waals surface area contributed by atoms with Gasteiger partial charge in [-0.05, 0) is 61.2 Å². The molecule has 2 N–H and O–H groups in total. The fourth-order valence-electron chi connectivity index (χ4n) is 5.14. The first-order valence-corrected chi connectivity index (χ1v) is 14.0. The second kappa shape index (κ2) is 11.5. The Bertz CT molecular complexity index is 1440. The number of nitrogens with zero attached hydrogens (tertiary/aromatic N) is 4. The average molecular weight is 543 g/mol. The minimum absolute atomic E-state index is 0.175. The number of aryl methyl sites for hydroxylation is 1. The van der Waals surface area contributed by atoms with Crippen LogP contribution in [0.4, 0.5) is 5.13 Å². The van der Waals surface area contributed by atoms with E-state index in [4.69, 9.17) is 9.72 Å². The third-order valence-corrected chi connectivity index (χ3v) is 8.31. The normalized spacial score (nSPS) is 17.4. The van der Waals surface area contributed by atoms with Crippen molar-refractivity contribution in [1.82, 2.24) is 24.8 Å². The van der Waals surface area contributed by atoms with E-state index in [1.165, 1.54) is 4.88 Å². The smallest absolute Gasteiger partial charge is 0.257 e. The summed E-state index contributed by atoms with van der Waals surface area (Å²) >= 11 is 1.58. The second-order valence-corrected chi connectivity index (χ2v) is 10.9. The Labute approximate surface area is 230 Å². The lowest BCUT2D eigenvalue weighted by Crippen LogP contribution is -2.45. The molecule has 1 atom stereocenters. The van der Waals surface area contributed by atoms with Gasteiger partial charge in [-0.1, -0.05) is 12.1 Å². The Morgan fingerprint density at radius 3 is 2.69 bits per heavy atom. The van der Waals surface area contributed by atoms with E-state index < -0.39 is 0 Å². The van der Waals surface area contributed by atoms with Crippen LogP contribution in [0, 0.1) is 0 Å². The fraction of sp³-hybridized carbons (Fsp3) is 0.310. The predicted molar refractivity (Wildman–Crippen MR) is 149 cm³/mol. The van der Waals surface area contributed by atoms with Gasteiger partial charge in [0.15, 0.2) is 5.13 Å². The zero-order chi connectivity index (χ0) is 26.6. The molecule has 0 spiro atoms. The summed E-state index contributed by atoms with van der Waals surface area (Å²) in [6.07, 6.45) is 8.27. The molecule has 4 aromatic rings. The summed E-state index contributed by atoms with van der Waals surface area (Å²) in [5.41, 5.74) is 3.98. The van der Waals surface area contributed by atoms with Gasteiger partial charge in [-0.25, -0.2) is 9.97 Å². The number of rotatable bonds is 7. The van der Waals surface area contributed by atoms with Gasteiger partial charge in [0.2, 0.25) is 0 Å². The van der Waals surface area contributed by atoms with Crippen LogP contribution in [0.25, 0.3) is 5.69 Å². The molecule has 1 aliphatic carbocycles. The zero-order valence-corrected chi connectivity index (χ0v) is 22.3. The third-order valence-electron chi connectivity index (χ3n) is 7.27. The summed E-state index contributed by atoms with van der Waals surface area (Å²) in [5.74, 6) is -0.375. The molecule has 1 fully saturated rings. The summed E-state index contributed by atoms with van der Waals surface area (Å²) in [5, 5.41) is 6.57. The van der Waals surface area contributed by atoms with Crippen LogP contribution in [-0.4, -0.2) is 63.6 Å². The van der Waals surface area contributed by atoms with E-state index in [-0.39, 0.29) is 11.8 Å². The maximum Gasteiger partial charge on any atom is 0.257 e. The lowest BCUT2D eigenvalue weighted by Gasteiger charge is -2.36. The minimum atomic E-state index is -0.200. The predicted octanol–water partition coefficient (Wildman–Crippen LogP) is 3.70. The zero-order valence-electron chi connectivity index (χ0n) is 21.5. The van der Waals surface area contributed by atoms with Gasteiger partial charge in [0, 0.05) is 59.8 Å². The topological polar surface area (TPSA) is 101 Å². The van der Waals surface area contributed by atoms with Crippen LogP contribution in [0.3, 0.4) is 0 Å². The van der Waals surface area contributed by atoms with E-state index in [0.717, 1.165) is 62.5 Å². The lowest BCUT2D eigenvalue weighted by molar-refractivity contribution is 0.0139. The highest BCUT2D eigenvalue weighted by atomic mass is 32.1. The van der Waals surface area contributed by atoms with E-state index in [1.807, 2.05) is 35.0 Å². The van der Waals surface area contributed by atoms with Crippen LogP contribution in [0.1, 0.15) is 43.3 Å². The summed E-state index contributed by atoms with van der Waals surface area (Å²) in [6.45, 7) is 3.89. The van der Waals surface area contributed by atoms with E-state index in [9.17, 15) is 9.59 Å². The van der Waals surface area contributed by atoms with Gasteiger partial charge >= 0.3 is 0 Å². The first-order chi connectivity index (χ1) is 19.1. The first kappa shape index (κ1) is 25.4. The van der Waals surface area contributed by atoms with Crippen LogP contribution >= 0.6 is 11.3 Å². The number of morpholine rings is 1. The quantitative estimate of drug-likeness (QED) is 0.369. The van der Waals surface area contributed by atoms with Crippen molar-refractivity contribution in [3.8, 4) is 5.69 Å². The van der Waals surface area contributed by atoms with Crippen molar-refractivity contribution in [3.63, 3.8) is 0 Å². The van der Waals surface area contributed by atoms with E-state index in [2.05, 4.69) is 20.5 Å². The largest absolute Gasteiger partial charge is 0.379 e. The number of carbonyl (C=O) groups is 2. The molecule has 10 heteroatoms. The number of anilines is 1. The highest BCUT2D eigenvalue weighted by Gasteiger charge is 2.28. The number of thiazole rings is 1. The molecule has 39 heavy (non-hydrogen) atoms. The molecular formula is C29H30N6O3S. The SMILES string of the molecule is O=C(NCc1cccc(C(=O)Nc2nc3c(s2)CC(N2CCOCC2)CC3)c1)c1ccc(-n2ccnc2)cc1.